The number of hydrogen-bond acceptors (Lipinski definition) is 5. The number of ether oxygens (including phenoxy) is 1. The average Bonchev–Trinajstić information content (AvgIpc) is 3.58. The van der Waals surface area contributed by atoms with Crippen molar-refractivity contribution < 1.29 is 9.15 Å². The summed E-state index contributed by atoms with van der Waals surface area (Å²) in [4.78, 5) is 12.3. The number of hydrogen-bond donors (Lipinski definition) is 0. The van der Waals surface area contributed by atoms with Gasteiger partial charge in [-0.25, -0.2) is 9.97 Å². The lowest BCUT2D eigenvalue weighted by molar-refractivity contribution is 0.477. The second-order valence-electron chi connectivity index (χ2n) is 12.6. The predicted octanol–water partition coefficient (Wildman–Crippen LogP) is 12.6. The first kappa shape index (κ1) is 29.0. The molecule has 0 N–H and O–H groups in total. The maximum absolute atomic E-state index is 6.53. The van der Waals surface area contributed by atoms with Gasteiger partial charge < -0.3 is 14.1 Å². The van der Waals surface area contributed by atoms with Crippen LogP contribution in [-0.4, -0.2) is 9.97 Å². The van der Waals surface area contributed by atoms with Crippen molar-refractivity contribution in [2.75, 3.05) is 4.90 Å². The molecule has 9 aromatic rings. The van der Waals surface area contributed by atoms with Crippen LogP contribution in [0.3, 0.4) is 0 Å². The Morgan fingerprint density at radius 3 is 1.47 bits per heavy atom. The number of furan rings is 1. The highest BCUT2D eigenvalue weighted by Gasteiger charge is 2.25. The number of anilines is 3. The van der Waals surface area contributed by atoms with Gasteiger partial charge in [0.05, 0.1) is 22.8 Å². The van der Waals surface area contributed by atoms with Gasteiger partial charge >= 0.3 is 0 Å². The zero-order chi connectivity index (χ0) is 33.7. The van der Waals surface area contributed by atoms with Crippen molar-refractivity contribution in [3.05, 3.63) is 176 Å². The van der Waals surface area contributed by atoms with E-state index in [0.717, 1.165) is 89.7 Å². The first-order chi connectivity index (χ1) is 25.2. The van der Waals surface area contributed by atoms with E-state index in [1.807, 2.05) is 72.8 Å². The van der Waals surface area contributed by atoms with E-state index in [1.54, 1.807) is 0 Å². The minimum absolute atomic E-state index is 0.656. The Kier molecular flexibility index (Phi) is 6.74. The summed E-state index contributed by atoms with van der Waals surface area (Å²) in [5, 5.41) is 2.13. The van der Waals surface area contributed by atoms with Gasteiger partial charge in [-0.2, -0.15) is 0 Å². The summed E-state index contributed by atoms with van der Waals surface area (Å²) >= 11 is 0. The van der Waals surface area contributed by atoms with E-state index in [9.17, 15) is 0 Å². The normalized spacial score (nSPS) is 12.0. The molecule has 0 saturated carbocycles. The average molecular weight is 656 g/mol. The van der Waals surface area contributed by atoms with Crippen LogP contribution in [0.1, 0.15) is 0 Å². The SMILES string of the molecule is c1ccc(-c2cc(-c3ccccc3)nc(-c3ccc4c(c3)oc3cc(-c5ccc(N6c7ccccc7Oc7ccccc76)cc5)ccc34)n2)cc1. The number of benzene rings is 7. The minimum atomic E-state index is 0.656. The van der Waals surface area contributed by atoms with Gasteiger partial charge in [0.2, 0.25) is 0 Å². The molecule has 0 spiro atoms. The largest absolute Gasteiger partial charge is 0.456 e. The van der Waals surface area contributed by atoms with Crippen molar-refractivity contribution in [3.8, 4) is 56.5 Å². The molecule has 1 aliphatic heterocycles. The Hall–Kier alpha value is -6.98. The zero-order valence-corrected chi connectivity index (χ0v) is 27.4. The number of fused-ring (bicyclic) bond motifs is 5. The van der Waals surface area contributed by atoms with E-state index in [4.69, 9.17) is 19.1 Å². The first-order valence-corrected chi connectivity index (χ1v) is 17.0. The molecule has 0 amide bonds. The third-order valence-corrected chi connectivity index (χ3v) is 9.49. The van der Waals surface area contributed by atoms with Gasteiger partial charge in [0.15, 0.2) is 17.3 Å². The molecule has 0 atom stereocenters. The van der Waals surface area contributed by atoms with E-state index in [-0.39, 0.29) is 0 Å². The van der Waals surface area contributed by atoms with E-state index in [0.29, 0.717) is 5.82 Å². The van der Waals surface area contributed by atoms with Crippen molar-refractivity contribution in [2.45, 2.75) is 0 Å². The summed E-state index contributed by atoms with van der Waals surface area (Å²) in [6.45, 7) is 0. The molecule has 3 heterocycles. The van der Waals surface area contributed by atoms with Crippen LogP contribution < -0.4 is 9.64 Å². The number of aromatic nitrogens is 2. The molecule has 0 aliphatic carbocycles. The second kappa shape index (κ2) is 11.9. The van der Waals surface area contributed by atoms with E-state index in [2.05, 4.69) is 108 Å². The van der Waals surface area contributed by atoms with Gasteiger partial charge in [-0.3, -0.25) is 0 Å². The number of rotatable bonds is 5. The zero-order valence-electron chi connectivity index (χ0n) is 27.4. The molecule has 7 aromatic carbocycles. The fraction of sp³-hybridized carbons (Fsp3) is 0. The molecule has 5 nitrogen and oxygen atoms in total. The Bertz CT molecular complexity index is 2620. The Morgan fingerprint density at radius 2 is 0.882 bits per heavy atom. The molecule has 0 bridgehead atoms. The summed E-state index contributed by atoms with van der Waals surface area (Å²) in [6.07, 6.45) is 0. The third-order valence-electron chi connectivity index (χ3n) is 9.49. The molecular weight excluding hydrogens is 627 g/mol. The molecule has 0 unspecified atom stereocenters. The van der Waals surface area contributed by atoms with Crippen LogP contribution in [0.15, 0.2) is 180 Å². The highest BCUT2D eigenvalue weighted by Crippen LogP contribution is 2.50. The van der Waals surface area contributed by atoms with Crippen LogP contribution in [0.4, 0.5) is 17.1 Å². The Morgan fingerprint density at radius 1 is 0.392 bits per heavy atom. The van der Waals surface area contributed by atoms with Gasteiger partial charge in [0, 0.05) is 33.2 Å². The van der Waals surface area contributed by atoms with Gasteiger partial charge in [-0.1, -0.05) is 109 Å². The topological polar surface area (TPSA) is 51.4 Å². The molecule has 1 aliphatic rings. The van der Waals surface area contributed by atoms with Gasteiger partial charge in [0.1, 0.15) is 11.2 Å². The molecule has 5 heteroatoms. The van der Waals surface area contributed by atoms with Crippen molar-refractivity contribution in [1.29, 1.82) is 0 Å². The fourth-order valence-corrected chi connectivity index (χ4v) is 6.97. The summed E-state index contributed by atoms with van der Waals surface area (Å²) in [7, 11) is 0. The Balaban J connectivity index is 1.01. The van der Waals surface area contributed by atoms with Crippen molar-refractivity contribution in [2.24, 2.45) is 0 Å². The van der Waals surface area contributed by atoms with Gasteiger partial charge in [-0.05, 0) is 77.9 Å². The molecule has 2 aromatic heterocycles. The molecule has 51 heavy (non-hydrogen) atoms. The lowest BCUT2D eigenvalue weighted by Gasteiger charge is -2.32. The standard InChI is InChI=1S/C46H29N3O2/c1-3-11-31(12-4-1)38-29-39(32-13-5-2-6-14-32)48-46(47-38)34-22-26-37-36-25-21-33(27-44(36)51-45(37)28-34)30-19-23-35(24-20-30)49-40-15-7-9-17-42(40)50-43-18-10-8-16-41(43)49/h1-29H. The smallest absolute Gasteiger partial charge is 0.160 e. The van der Waals surface area contributed by atoms with Gasteiger partial charge in [-0.15, -0.1) is 0 Å². The third kappa shape index (κ3) is 5.11. The predicted molar refractivity (Wildman–Crippen MR) is 206 cm³/mol. The number of para-hydroxylation sites is 4. The van der Waals surface area contributed by atoms with E-state index < -0.39 is 0 Å². The maximum atomic E-state index is 6.53. The van der Waals surface area contributed by atoms with Crippen LogP contribution in [0, 0.1) is 0 Å². The molecule has 0 fully saturated rings. The summed E-state index contributed by atoms with van der Waals surface area (Å²) < 4.78 is 12.7. The van der Waals surface area contributed by atoms with E-state index >= 15 is 0 Å². The molecular formula is C46H29N3O2. The molecule has 10 rings (SSSR count). The van der Waals surface area contributed by atoms with Crippen molar-refractivity contribution in [1.82, 2.24) is 9.97 Å². The van der Waals surface area contributed by atoms with Gasteiger partial charge in [0.25, 0.3) is 0 Å². The van der Waals surface area contributed by atoms with Crippen LogP contribution in [-0.2, 0) is 0 Å². The lowest BCUT2D eigenvalue weighted by atomic mass is 10.0. The van der Waals surface area contributed by atoms with Crippen LogP contribution in [0.5, 0.6) is 11.5 Å². The summed E-state index contributed by atoms with van der Waals surface area (Å²) in [5.41, 5.74) is 11.7. The highest BCUT2D eigenvalue weighted by molar-refractivity contribution is 6.07. The summed E-state index contributed by atoms with van der Waals surface area (Å²) in [6, 6.07) is 60.2. The molecule has 240 valence electrons. The van der Waals surface area contributed by atoms with E-state index in [1.165, 1.54) is 0 Å². The second-order valence-corrected chi connectivity index (χ2v) is 12.6. The fourth-order valence-electron chi connectivity index (χ4n) is 6.97. The number of nitrogens with zero attached hydrogens (tertiary/aromatic N) is 3. The van der Waals surface area contributed by atoms with Crippen molar-refractivity contribution in [3.63, 3.8) is 0 Å². The molecule has 0 saturated heterocycles. The van der Waals surface area contributed by atoms with Crippen LogP contribution in [0.25, 0.3) is 67.0 Å². The summed E-state index contributed by atoms with van der Waals surface area (Å²) in [5.74, 6) is 2.33. The maximum Gasteiger partial charge on any atom is 0.160 e. The monoisotopic (exact) mass is 655 g/mol. The minimum Gasteiger partial charge on any atom is -0.456 e. The quantitative estimate of drug-likeness (QED) is 0.185. The van der Waals surface area contributed by atoms with Crippen molar-refractivity contribution >= 4 is 39.0 Å². The molecule has 0 radical (unpaired) electrons. The van der Waals surface area contributed by atoms with Crippen LogP contribution >= 0.6 is 0 Å². The first-order valence-electron chi connectivity index (χ1n) is 17.0. The Labute approximate surface area is 294 Å². The lowest BCUT2D eigenvalue weighted by Crippen LogP contribution is -2.15. The van der Waals surface area contributed by atoms with Crippen LogP contribution in [0.2, 0.25) is 0 Å². The highest BCUT2D eigenvalue weighted by atomic mass is 16.5.